The second-order valence-electron chi connectivity index (χ2n) is 5.54. The topological polar surface area (TPSA) is 67.5 Å². The largest absolute Gasteiger partial charge is 0.384 e. The summed E-state index contributed by atoms with van der Waals surface area (Å²) in [5, 5.41) is 0. The Bertz CT molecular complexity index is 444. The Morgan fingerprint density at radius 2 is 2.11 bits per heavy atom. The molecular formula is C13H21N5O. The molecule has 0 atom stereocenters. The predicted octanol–water partition coefficient (Wildman–Crippen LogP) is 0.360. The summed E-state index contributed by atoms with van der Waals surface area (Å²) in [4.78, 5) is 13.2. The minimum atomic E-state index is -0.0290. The molecule has 1 spiro atoms. The predicted molar refractivity (Wildman–Crippen MR) is 74.1 cm³/mol. The molecule has 2 N–H and O–H groups in total. The number of likely N-dealkylation sites (tertiary alicyclic amines) is 1. The molecule has 0 amide bonds. The first-order valence-corrected chi connectivity index (χ1v) is 6.83. The van der Waals surface area contributed by atoms with Crippen molar-refractivity contribution in [3.63, 3.8) is 0 Å². The summed E-state index contributed by atoms with van der Waals surface area (Å²) in [7, 11) is 2.16. The van der Waals surface area contributed by atoms with Gasteiger partial charge >= 0.3 is 0 Å². The molecule has 2 saturated heterocycles. The number of hydrogen-bond acceptors (Lipinski definition) is 6. The van der Waals surface area contributed by atoms with E-state index in [4.69, 9.17) is 10.5 Å². The Balaban J connectivity index is 1.74. The Labute approximate surface area is 113 Å². The van der Waals surface area contributed by atoms with Crippen LogP contribution in [0.1, 0.15) is 12.8 Å². The summed E-state index contributed by atoms with van der Waals surface area (Å²) in [5.74, 6) is 1.25. The van der Waals surface area contributed by atoms with Crippen LogP contribution in [0.2, 0.25) is 0 Å². The van der Waals surface area contributed by atoms with E-state index in [2.05, 4.69) is 26.8 Å². The third-order valence-electron chi connectivity index (χ3n) is 4.09. The van der Waals surface area contributed by atoms with Gasteiger partial charge in [0.1, 0.15) is 5.82 Å². The highest BCUT2D eigenvalue weighted by Crippen LogP contribution is 2.30. The molecule has 6 heteroatoms. The highest BCUT2D eigenvalue weighted by atomic mass is 16.5. The van der Waals surface area contributed by atoms with Crippen molar-refractivity contribution >= 4 is 11.8 Å². The third-order valence-corrected chi connectivity index (χ3v) is 4.09. The van der Waals surface area contributed by atoms with Crippen molar-refractivity contribution in [2.24, 2.45) is 0 Å². The molecule has 0 saturated carbocycles. The highest BCUT2D eigenvalue weighted by molar-refractivity contribution is 5.38. The second-order valence-corrected chi connectivity index (χ2v) is 5.54. The van der Waals surface area contributed by atoms with E-state index < -0.39 is 0 Å². The van der Waals surface area contributed by atoms with Crippen molar-refractivity contribution in [2.75, 3.05) is 50.5 Å². The van der Waals surface area contributed by atoms with E-state index in [-0.39, 0.29) is 5.60 Å². The van der Waals surface area contributed by atoms with Gasteiger partial charge in [-0.05, 0) is 26.0 Å². The van der Waals surface area contributed by atoms with Crippen LogP contribution in [-0.2, 0) is 4.74 Å². The summed E-state index contributed by atoms with van der Waals surface area (Å²) in [5.41, 5.74) is 5.71. The Morgan fingerprint density at radius 3 is 2.84 bits per heavy atom. The normalized spacial score (nSPS) is 23.7. The minimum absolute atomic E-state index is 0.0290. The van der Waals surface area contributed by atoms with Gasteiger partial charge in [-0.1, -0.05) is 0 Å². The van der Waals surface area contributed by atoms with Gasteiger partial charge in [0.25, 0.3) is 0 Å². The molecule has 1 aromatic rings. The first-order chi connectivity index (χ1) is 9.17. The lowest BCUT2D eigenvalue weighted by atomic mass is 9.89. The van der Waals surface area contributed by atoms with Gasteiger partial charge in [-0.25, -0.2) is 4.98 Å². The van der Waals surface area contributed by atoms with Crippen LogP contribution in [0.15, 0.2) is 12.3 Å². The molecule has 2 fully saturated rings. The number of rotatable bonds is 1. The van der Waals surface area contributed by atoms with E-state index in [1.807, 2.05) is 0 Å². The van der Waals surface area contributed by atoms with Crippen molar-refractivity contribution in [2.45, 2.75) is 18.4 Å². The van der Waals surface area contributed by atoms with E-state index in [0.717, 1.165) is 51.6 Å². The van der Waals surface area contributed by atoms with Crippen molar-refractivity contribution in [3.8, 4) is 0 Å². The maximum Gasteiger partial charge on any atom is 0.227 e. The Kier molecular flexibility index (Phi) is 3.28. The Hall–Kier alpha value is -1.40. The van der Waals surface area contributed by atoms with Gasteiger partial charge in [-0.3, -0.25) is 0 Å². The summed E-state index contributed by atoms with van der Waals surface area (Å²) in [6.07, 6.45) is 3.86. The van der Waals surface area contributed by atoms with Crippen LogP contribution >= 0.6 is 0 Å². The van der Waals surface area contributed by atoms with Gasteiger partial charge in [0.15, 0.2) is 0 Å². The quantitative estimate of drug-likeness (QED) is 0.789. The number of ether oxygens (including phenoxy) is 1. The molecular weight excluding hydrogens is 242 g/mol. The zero-order valence-electron chi connectivity index (χ0n) is 11.4. The molecule has 0 unspecified atom stereocenters. The lowest BCUT2D eigenvalue weighted by Crippen LogP contribution is -2.56. The van der Waals surface area contributed by atoms with Gasteiger partial charge in [-0.15, -0.1) is 0 Å². The molecule has 0 aromatic carbocycles. The summed E-state index contributed by atoms with van der Waals surface area (Å²) >= 11 is 0. The van der Waals surface area contributed by atoms with Crippen LogP contribution in [0.25, 0.3) is 0 Å². The standard InChI is InChI=1S/C13H21N5O/c1-17-6-3-13(4-7-17)10-18(8-9-19-13)12-15-5-2-11(14)16-12/h2,5H,3-4,6-10H2,1H3,(H2,14,15,16). The number of hydrogen-bond donors (Lipinski definition) is 1. The van der Waals surface area contributed by atoms with Crippen molar-refractivity contribution in [1.29, 1.82) is 0 Å². The van der Waals surface area contributed by atoms with Gasteiger partial charge in [0.05, 0.1) is 18.8 Å². The number of aromatic nitrogens is 2. The molecule has 1 aromatic heterocycles. The molecule has 3 heterocycles. The molecule has 104 valence electrons. The molecule has 2 aliphatic rings. The fourth-order valence-electron chi connectivity index (χ4n) is 2.86. The van der Waals surface area contributed by atoms with E-state index in [1.54, 1.807) is 12.3 Å². The third kappa shape index (κ3) is 2.64. The lowest BCUT2D eigenvalue weighted by Gasteiger charge is -2.46. The van der Waals surface area contributed by atoms with Crippen LogP contribution < -0.4 is 10.6 Å². The summed E-state index contributed by atoms with van der Waals surface area (Å²) in [6.45, 7) is 4.62. The summed E-state index contributed by atoms with van der Waals surface area (Å²) < 4.78 is 6.08. The number of nitrogens with zero attached hydrogens (tertiary/aromatic N) is 4. The van der Waals surface area contributed by atoms with Gasteiger partial charge in [0, 0.05) is 25.8 Å². The van der Waals surface area contributed by atoms with Crippen LogP contribution in [0, 0.1) is 0 Å². The molecule has 0 aliphatic carbocycles. The number of nitrogen functional groups attached to an aromatic ring is 1. The highest BCUT2D eigenvalue weighted by Gasteiger charge is 2.39. The maximum atomic E-state index is 6.08. The molecule has 0 bridgehead atoms. The number of nitrogens with two attached hydrogens (primary N) is 1. The zero-order valence-corrected chi connectivity index (χ0v) is 11.4. The van der Waals surface area contributed by atoms with Crippen molar-refractivity contribution in [3.05, 3.63) is 12.3 Å². The monoisotopic (exact) mass is 263 g/mol. The maximum absolute atomic E-state index is 6.08. The minimum Gasteiger partial charge on any atom is -0.384 e. The van der Waals surface area contributed by atoms with E-state index in [9.17, 15) is 0 Å². The fraction of sp³-hybridized carbons (Fsp3) is 0.692. The number of morpholine rings is 1. The first kappa shape index (κ1) is 12.6. The van der Waals surface area contributed by atoms with Crippen LogP contribution in [0.5, 0.6) is 0 Å². The van der Waals surface area contributed by atoms with Gasteiger partial charge in [0.2, 0.25) is 5.95 Å². The van der Waals surface area contributed by atoms with E-state index >= 15 is 0 Å². The first-order valence-electron chi connectivity index (χ1n) is 6.83. The molecule has 3 rings (SSSR count). The average molecular weight is 263 g/mol. The summed E-state index contributed by atoms with van der Waals surface area (Å²) in [6, 6.07) is 1.72. The van der Waals surface area contributed by atoms with Crippen molar-refractivity contribution in [1.82, 2.24) is 14.9 Å². The number of anilines is 2. The fourth-order valence-corrected chi connectivity index (χ4v) is 2.86. The van der Waals surface area contributed by atoms with Crippen LogP contribution in [0.4, 0.5) is 11.8 Å². The second kappa shape index (κ2) is 4.94. The van der Waals surface area contributed by atoms with Gasteiger partial charge < -0.3 is 20.3 Å². The van der Waals surface area contributed by atoms with Crippen LogP contribution in [0.3, 0.4) is 0 Å². The lowest BCUT2D eigenvalue weighted by molar-refractivity contribution is -0.0886. The van der Waals surface area contributed by atoms with E-state index in [1.165, 1.54) is 0 Å². The zero-order chi connectivity index (χ0) is 13.3. The smallest absolute Gasteiger partial charge is 0.227 e. The Morgan fingerprint density at radius 1 is 1.32 bits per heavy atom. The molecule has 19 heavy (non-hydrogen) atoms. The van der Waals surface area contributed by atoms with E-state index in [0.29, 0.717) is 5.82 Å². The number of piperidine rings is 1. The molecule has 2 aliphatic heterocycles. The van der Waals surface area contributed by atoms with Crippen LogP contribution in [-0.4, -0.2) is 60.3 Å². The SMILES string of the molecule is CN1CCC2(CC1)CN(c1nccc(N)n1)CCO2. The molecule has 0 radical (unpaired) electrons. The van der Waals surface area contributed by atoms with Gasteiger partial charge in [-0.2, -0.15) is 4.98 Å². The molecule has 6 nitrogen and oxygen atoms in total. The van der Waals surface area contributed by atoms with Crippen molar-refractivity contribution < 1.29 is 4.74 Å². The average Bonchev–Trinajstić information content (AvgIpc) is 2.43.